The first-order valence-corrected chi connectivity index (χ1v) is 9.23. The molecule has 1 heterocycles. The van der Waals surface area contributed by atoms with Crippen molar-refractivity contribution in [3.05, 3.63) is 29.3 Å². The number of hydrogen-bond donors (Lipinski definition) is 1. The molecular formula is C20H34N2O. The van der Waals surface area contributed by atoms with Crippen molar-refractivity contribution < 1.29 is 4.74 Å². The van der Waals surface area contributed by atoms with Crippen LogP contribution in [0, 0.1) is 5.92 Å². The zero-order valence-electron chi connectivity index (χ0n) is 15.3. The van der Waals surface area contributed by atoms with Gasteiger partial charge in [-0.1, -0.05) is 39.8 Å². The molecule has 23 heavy (non-hydrogen) atoms. The topological polar surface area (TPSA) is 38.5 Å². The van der Waals surface area contributed by atoms with Crippen molar-refractivity contribution in [3.63, 3.8) is 0 Å². The third kappa shape index (κ3) is 4.95. The van der Waals surface area contributed by atoms with Gasteiger partial charge in [0.05, 0.1) is 6.61 Å². The summed E-state index contributed by atoms with van der Waals surface area (Å²) in [5.74, 6) is 2.06. The Morgan fingerprint density at radius 3 is 2.39 bits per heavy atom. The molecule has 1 unspecified atom stereocenters. The van der Waals surface area contributed by atoms with Gasteiger partial charge in [0, 0.05) is 6.04 Å². The van der Waals surface area contributed by atoms with E-state index in [9.17, 15) is 0 Å². The molecule has 2 rings (SSSR count). The van der Waals surface area contributed by atoms with E-state index in [1.165, 1.54) is 37.1 Å². The first-order chi connectivity index (χ1) is 11.0. The lowest BCUT2D eigenvalue weighted by atomic mass is 9.94. The van der Waals surface area contributed by atoms with Crippen LogP contribution in [0.2, 0.25) is 0 Å². The highest BCUT2D eigenvalue weighted by Gasteiger charge is 2.24. The van der Waals surface area contributed by atoms with Gasteiger partial charge in [-0.15, -0.1) is 0 Å². The van der Waals surface area contributed by atoms with E-state index in [1.807, 2.05) is 0 Å². The van der Waals surface area contributed by atoms with Crippen LogP contribution >= 0.6 is 0 Å². The molecule has 130 valence electrons. The SMILES string of the molecule is CC(C)COc1ccc(C(CCN)N2CCCC2)cc1C(C)C. The molecule has 0 aromatic heterocycles. The van der Waals surface area contributed by atoms with Gasteiger partial charge < -0.3 is 10.5 Å². The fourth-order valence-corrected chi connectivity index (χ4v) is 3.38. The molecule has 0 saturated carbocycles. The Hall–Kier alpha value is -1.06. The number of hydrogen-bond acceptors (Lipinski definition) is 3. The van der Waals surface area contributed by atoms with Crippen LogP contribution in [0.15, 0.2) is 18.2 Å². The van der Waals surface area contributed by atoms with Crippen molar-refractivity contribution in [2.24, 2.45) is 11.7 Å². The second kappa shape index (κ2) is 8.70. The quantitative estimate of drug-likeness (QED) is 0.775. The monoisotopic (exact) mass is 318 g/mol. The van der Waals surface area contributed by atoms with Crippen LogP contribution in [0.25, 0.3) is 0 Å². The Kier molecular flexibility index (Phi) is 6.91. The van der Waals surface area contributed by atoms with Crippen molar-refractivity contribution >= 4 is 0 Å². The van der Waals surface area contributed by atoms with Crippen LogP contribution in [0.3, 0.4) is 0 Å². The first-order valence-electron chi connectivity index (χ1n) is 9.23. The molecule has 3 heteroatoms. The molecule has 0 bridgehead atoms. The molecule has 1 aliphatic heterocycles. The Morgan fingerprint density at radius 2 is 1.83 bits per heavy atom. The van der Waals surface area contributed by atoms with Crippen LogP contribution in [-0.4, -0.2) is 31.1 Å². The highest BCUT2D eigenvalue weighted by molar-refractivity contribution is 5.40. The van der Waals surface area contributed by atoms with E-state index < -0.39 is 0 Å². The lowest BCUT2D eigenvalue weighted by Crippen LogP contribution is -2.27. The van der Waals surface area contributed by atoms with Crippen molar-refractivity contribution in [2.75, 3.05) is 26.2 Å². The summed E-state index contributed by atoms with van der Waals surface area (Å²) >= 11 is 0. The summed E-state index contributed by atoms with van der Waals surface area (Å²) in [6, 6.07) is 7.24. The lowest BCUT2D eigenvalue weighted by Gasteiger charge is -2.29. The van der Waals surface area contributed by atoms with E-state index in [0.29, 0.717) is 17.9 Å². The zero-order valence-corrected chi connectivity index (χ0v) is 15.3. The largest absolute Gasteiger partial charge is 0.493 e. The predicted octanol–water partition coefficient (Wildman–Crippen LogP) is 4.33. The third-order valence-electron chi connectivity index (χ3n) is 4.63. The number of rotatable bonds is 8. The molecule has 0 spiro atoms. The maximum atomic E-state index is 6.04. The number of nitrogens with two attached hydrogens (primary N) is 1. The number of benzene rings is 1. The fourth-order valence-electron chi connectivity index (χ4n) is 3.38. The molecule has 1 aliphatic rings. The van der Waals surface area contributed by atoms with Crippen LogP contribution in [0.1, 0.15) is 70.0 Å². The molecule has 1 saturated heterocycles. The zero-order chi connectivity index (χ0) is 16.8. The summed E-state index contributed by atoms with van der Waals surface area (Å²) in [5, 5.41) is 0. The molecule has 1 aromatic carbocycles. The maximum Gasteiger partial charge on any atom is 0.122 e. The Morgan fingerprint density at radius 1 is 1.13 bits per heavy atom. The van der Waals surface area contributed by atoms with E-state index in [0.717, 1.165) is 25.3 Å². The molecular weight excluding hydrogens is 284 g/mol. The van der Waals surface area contributed by atoms with E-state index in [1.54, 1.807) is 0 Å². The van der Waals surface area contributed by atoms with Gasteiger partial charge in [0.25, 0.3) is 0 Å². The van der Waals surface area contributed by atoms with E-state index in [4.69, 9.17) is 10.5 Å². The van der Waals surface area contributed by atoms with Gasteiger partial charge in [0.1, 0.15) is 5.75 Å². The molecule has 0 radical (unpaired) electrons. The predicted molar refractivity (Wildman–Crippen MR) is 98.1 cm³/mol. The molecule has 1 fully saturated rings. The Balaban J connectivity index is 2.24. The Labute approximate surface area is 142 Å². The van der Waals surface area contributed by atoms with E-state index in [-0.39, 0.29) is 0 Å². The van der Waals surface area contributed by atoms with Crippen molar-refractivity contribution in [1.29, 1.82) is 0 Å². The molecule has 3 nitrogen and oxygen atoms in total. The number of nitrogens with zero attached hydrogens (tertiary/aromatic N) is 1. The number of likely N-dealkylation sites (tertiary alicyclic amines) is 1. The second-order valence-electron chi connectivity index (χ2n) is 7.49. The van der Waals surface area contributed by atoms with E-state index >= 15 is 0 Å². The minimum Gasteiger partial charge on any atom is -0.493 e. The fraction of sp³-hybridized carbons (Fsp3) is 0.700. The van der Waals surface area contributed by atoms with Crippen LogP contribution in [-0.2, 0) is 0 Å². The summed E-state index contributed by atoms with van der Waals surface area (Å²) in [7, 11) is 0. The lowest BCUT2D eigenvalue weighted by molar-refractivity contribution is 0.235. The summed E-state index contributed by atoms with van der Waals surface area (Å²) in [6.45, 7) is 12.8. The number of ether oxygens (including phenoxy) is 1. The van der Waals surface area contributed by atoms with Gasteiger partial charge in [-0.25, -0.2) is 0 Å². The maximum absolute atomic E-state index is 6.04. The summed E-state index contributed by atoms with van der Waals surface area (Å²) in [5.41, 5.74) is 8.62. The van der Waals surface area contributed by atoms with E-state index in [2.05, 4.69) is 50.8 Å². The highest BCUT2D eigenvalue weighted by Crippen LogP contribution is 2.34. The van der Waals surface area contributed by atoms with Crippen molar-refractivity contribution in [1.82, 2.24) is 4.90 Å². The van der Waals surface area contributed by atoms with Gasteiger partial charge in [-0.05, 0) is 67.9 Å². The van der Waals surface area contributed by atoms with Crippen LogP contribution in [0.4, 0.5) is 0 Å². The second-order valence-corrected chi connectivity index (χ2v) is 7.49. The van der Waals surface area contributed by atoms with Gasteiger partial charge in [0.15, 0.2) is 0 Å². The highest BCUT2D eigenvalue weighted by atomic mass is 16.5. The summed E-state index contributed by atoms with van der Waals surface area (Å²) in [4.78, 5) is 2.60. The average molecular weight is 319 g/mol. The van der Waals surface area contributed by atoms with Gasteiger partial charge in [-0.3, -0.25) is 4.90 Å². The minimum atomic E-state index is 0.458. The third-order valence-corrected chi connectivity index (χ3v) is 4.63. The van der Waals surface area contributed by atoms with Crippen LogP contribution in [0.5, 0.6) is 5.75 Å². The minimum absolute atomic E-state index is 0.458. The molecule has 0 amide bonds. The molecule has 1 atom stereocenters. The standard InChI is InChI=1S/C20H34N2O/c1-15(2)14-23-20-8-7-17(13-18(20)16(3)4)19(9-10-21)22-11-5-6-12-22/h7-8,13,15-16,19H,5-6,9-12,14,21H2,1-4H3. The molecule has 2 N–H and O–H groups in total. The van der Waals surface area contributed by atoms with Gasteiger partial charge in [0.2, 0.25) is 0 Å². The van der Waals surface area contributed by atoms with Crippen molar-refractivity contribution in [3.8, 4) is 5.75 Å². The first kappa shape index (κ1) is 18.3. The van der Waals surface area contributed by atoms with Crippen molar-refractivity contribution in [2.45, 2.75) is 58.9 Å². The molecule has 0 aliphatic carbocycles. The smallest absolute Gasteiger partial charge is 0.122 e. The van der Waals surface area contributed by atoms with Gasteiger partial charge >= 0.3 is 0 Å². The summed E-state index contributed by atoms with van der Waals surface area (Å²) in [6.07, 6.45) is 3.66. The van der Waals surface area contributed by atoms with Crippen LogP contribution < -0.4 is 10.5 Å². The molecule has 1 aromatic rings. The summed E-state index contributed by atoms with van der Waals surface area (Å²) < 4.78 is 6.04. The Bertz CT molecular complexity index is 479. The normalized spacial score (nSPS) is 17.2. The average Bonchev–Trinajstić information content (AvgIpc) is 3.04. The van der Waals surface area contributed by atoms with Gasteiger partial charge in [-0.2, -0.15) is 0 Å².